The lowest BCUT2D eigenvalue weighted by molar-refractivity contribution is -0.0586. The molecule has 0 aliphatic carbocycles. The molecule has 0 saturated carbocycles. The van der Waals surface area contributed by atoms with Crippen LogP contribution in [-0.2, 0) is 11.3 Å². The highest BCUT2D eigenvalue weighted by Crippen LogP contribution is 2.15. The van der Waals surface area contributed by atoms with E-state index in [-0.39, 0.29) is 18.1 Å². The largest absolute Gasteiger partial charge is 0.372 e. The van der Waals surface area contributed by atoms with E-state index < -0.39 is 0 Å². The normalized spacial score (nSPS) is 19.7. The molecule has 26 heavy (non-hydrogen) atoms. The van der Waals surface area contributed by atoms with Crippen molar-refractivity contribution in [3.63, 3.8) is 0 Å². The van der Waals surface area contributed by atoms with Crippen LogP contribution < -0.4 is 5.32 Å². The number of aromatic nitrogens is 1. The lowest BCUT2D eigenvalue weighted by atomic mass is 10.1. The Morgan fingerprint density at radius 2 is 1.92 bits per heavy atom. The number of benzene rings is 1. The quantitative estimate of drug-likeness (QED) is 0.917. The van der Waals surface area contributed by atoms with Crippen molar-refractivity contribution in [2.45, 2.75) is 32.6 Å². The first kappa shape index (κ1) is 17.9. The Bertz CT molecular complexity index is 786. The van der Waals surface area contributed by atoms with E-state index in [1.165, 1.54) is 6.20 Å². The summed E-state index contributed by atoms with van der Waals surface area (Å²) in [5.74, 6) is 0.751. The Morgan fingerprint density at radius 1 is 1.23 bits per heavy atom. The van der Waals surface area contributed by atoms with Gasteiger partial charge < -0.3 is 15.0 Å². The highest BCUT2D eigenvalue weighted by Gasteiger charge is 2.26. The maximum Gasteiger partial charge on any atom is 0.254 e. The number of nitriles is 1. The standard InChI is InChI=1S/C20H22N4O2/c1-14-12-24(13-15(2)26-14)20(25)18-6-3-16(4-7-18)10-22-19-8-5-17(9-21)11-23-19/h3-8,11,14-15H,10,12-13H2,1-2H3,(H,22,23)/t14-,15+. The molecule has 1 aromatic heterocycles. The van der Waals surface area contributed by atoms with Gasteiger partial charge in [0.2, 0.25) is 0 Å². The van der Waals surface area contributed by atoms with Crippen molar-refractivity contribution in [2.24, 2.45) is 0 Å². The molecular weight excluding hydrogens is 328 g/mol. The second-order valence-corrected chi connectivity index (χ2v) is 6.56. The molecule has 3 rings (SSSR count). The molecule has 1 amide bonds. The van der Waals surface area contributed by atoms with E-state index in [2.05, 4.69) is 10.3 Å². The SMILES string of the molecule is C[C@@H]1CN(C(=O)c2ccc(CNc3ccc(C#N)cn3)cc2)C[C@H](C)O1. The van der Waals surface area contributed by atoms with Crippen molar-refractivity contribution < 1.29 is 9.53 Å². The van der Waals surface area contributed by atoms with Crippen molar-refractivity contribution in [3.05, 3.63) is 59.3 Å². The zero-order valence-corrected chi connectivity index (χ0v) is 15.0. The van der Waals surface area contributed by atoms with Crippen LogP contribution in [0.5, 0.6) is 0 Å². The fourth-order valence-corrected chi connectivity index (χ4v) is 3.05. The first-order valence-corrected chi connectivity index (χ1v) is 8.69. The van der Waals surface area contributed by atoms with Crippen LogP contribution in [0.2, 0.25) is 0 Å². The van der Waals surface area contributed by atoms with Gasteiger partial charge in [-0.05, 0) is 43.7 Å². The van der Waals surface area contributed by atoms with Gasteiger partial charge in [-0.25, -0.2) is 4.98 Å². The van der Waals surface area contributed by atoms with E-state index in [1.807, 2.05) is 49.1 Å². The molecule has 0 spiro atoms. The number of morpholine rings is 1. The summed E-state index contributed by atoms with van der Waals surface area (Å²) >= 11 is 0. The second-order valence-electron chi connectivity index (χ2n) is 6.56. The molecule has 1 aliphatic rings. The average Bonchev–Trinajstić information content (AvgIpc) is 2.66. The highest BCUT2D eigenvalue weighted by atomic mass is 16.5. The van der Waals surface area contributed by atoms with Gasteiger partial charge >= 0.3 is 0 Å². The number of ether oxygens (including phenoxy) is 1. The first-order valence-electron chi connectivity index (χ1n) is 8.69. The molecule has 2 heterocycles. The topological polar surface area (TPSA) is 78.3 Å². The van der Waals surface area contributed by atoms with Crippen LogP contribution in [0.4, 0.5) is 5.82 Å². The highest BCUT2D eigenvalue weighted by molar-refractivity contribution is 5.94. The number of nitrogens with one attached hydrogen (secondary N) is 1. The van der Waals surface area contributed by atoms with Crippen molar-refractivity contribution in [1.29, 1.82) is 5.26 Å². The van der Waals surface area contributed by atoms with E-state index in [4.69, 9.17) is 10.00 Å². The zero-order chi connectivity index (χ0) is 18.5. The summed E-state index contributed by atoms with van der Waals surface area (Å²) in [5, 5.41) is 12.0. The van der Waals surface area contributed by atoms with Crippen LogP contribution in [0.1, 0.15) is 35.3 Å². The number of pyridine rings is 1. The summed E-state index contributed by atoms with van der Waals surface area (Å²) in [4.78, 5) is 18.7. The van der Waals surface area contributed by atoms with Crippen LogP contribution in [0.3, 0.4) is 0 Å². The number of rotatable bonds is 4. The molecular formula is C20H22N4O2. The smallest absolute Gasteiger partial charge is 0.254 e. The molecule has 6 nitrogen and oxygen atoms in total. The minimum Gasteiger partial charge on any atom is -0.372 e. The predicted molar refractivity (Wildman–Crippen MR) is 98.6 cm³/mol. The van der Waals surface area contributed by atoms with Gasteiger partial charge in [0.15, 0.2) is 0 Å². The number of carbonyl (C=O) groups is 1. The number of nitrogens with zero attached hydrogens (tertiary/aromatic N) is 3. The third-order valence-corrected chi connectivity index (χ3v) is 4.27. The van der Waals surface area contributed by atoms with Gasteiger partial charge in [-0.3, -0.25) is 4.79 Å². The fourth-order valence-electron chi connectivity index (χ4n) is 3.05. The molecule has 1 fully saturated rings. The van der Waals surface area contributed by atoms with E-state index in [1.54, 1.807) is 12.1 Å². The lowest BCUT2D eigenvalue weighted by Crippen LogP contribution is -2.48. The van der Waals surface area contributed by atoms with Crippen LogP contribution in [-0.4, -0.2) is 41.1 Å². The van der Waals surface area contributed by atoms with Crippen molar-refractivity contribution in [3.8, 4) is 6.07 Å². The van der Waals surface area contributed by atoms with Crippen LogP contribution in [0, 0.1) is 11.3 Å². The van der Waals surface area contributed by atoms with Gasteiger partial charge in [-0.2, -0.15) is 5.26 Å². The Morgan fingerprint density at radius 3 is 2.50 bits per heavy atom. The average molecular weight is 350 g/mol. The number of hydrogen-bond acceptors (Lipinski definition) is 5. The van der Waals surface area contributed by atoms with E-state index in [9.17, 15) is 4.79 Å². The number of carbonyl (C=O) groups excluding carboxylic acids is 1. The summed E-state index contributed by atoms with van der Waals surface area (Å²) in [5.41, 5.74) is 2.27. The van der Waals surface area contributed by atoms with Crippen LogP contribution >= 0.6 is 0 Å². The van der Waals surface area contributed by atoms with Crippen molar-refractivity contribution in [2.75, 3.05) is 18.4 Å². The van der Waals surface area contributed by atoms with Gasteiger partial charge in [-0.1, -0.05) is 12.1 Å². The minimum absolute atomic E-state index is 0.0419. The third-order valence-electron chi connectivity index (χ3n) is 4.27. The van der Waals surface area contributed by atoms with E-state index >= 15 is 0 Å². The maximum atomic E-state index is 12.7. The molecule has 1 aromatic carbocycles. The van der Waals surface area contributed by atoms with Crippen molar-refractivity contribution in [1.82, 2.24) is 9.88 Å². The monoisotopic (exact) mass is 350 g/mol. The van der Waals surface area contributed by atoms with Gasteiger partial charge in [0.05, 0.1) is 17.8 Å². The Labute approximate surface area is 153 Å². The Kier molecular flexibility index (Phi) is 5.49. The Hall–Kier alpha value is -2.91. The predicted octanol–water partition coefficient (Wildman–Crippen LogP) is 2.81. The van der Waals surface area contributed by atoms with Gasteiger partial charge in [0.25, 0.3) is 5.91 Å². The first-order chi connectivity index (χ1) is 12.5. The molecule has 134 valence electrons. The van der Waals surface area contributed by atoms with Gasteiger partial charge in [0, 0.05) is 31.4 Å². The fraction of sp³-hybridized carbons (Fsp3) is 0.350. The summed E-state index contributed by atoms with van der Waals surface area (Å²) < 4.78 is 5.68. The number of hydrogen-bond donors (Lipinski definition) is 1. The summed E-state index contributed by atoms with van der Waals surface area (Å²) in [7, 11) is 0. The molecule has 6 heteroatoms. The van der Waals surface area contributed by atoms with Gasteiger partial charge in [0.1, 0.15) is 11.9 Å². The summed E-state index contributed by atoms with van der Waals surface area (Å²) in [6.45, 7) is 5.82. The molecule has 0 bridgehead atoms. The van der Waals surface area contributed by atoms with E-state index in [0.717, 1.165) is 5.56 Å². The maximum absolute atomic E-state index is 12.7. The summed E-state index contributed by atoms with van der Waals surface area (Å²) in [6, 6.07) is 13.1. The molecule has 1 aliphatic heterocycles. The van der Waals surface area contributed by atoms with Crippen LogP contribution in [0.15, 0.2) is 42.6 Å². The van der Waals surface area contributed by atoms with Crippen molar-refractivity contribution >= 4 is 11.7 Å². The van der Waals surface area contributed by atoms with Crippen LogP contribution in [0.25, 0.3) is 0 Å². The summed E-state index contributed by atoms with van der Waals surface area (Å²) in [6.07, 6.45) is 1.66. The third kappa shape index (κ3) is 4.38. The van der Waals surface area contributed by atoms with E-state index in [0.29, 0.717) is 36.6 Å². The molecule has 2 aromatic rings. The molecule has 0 radical (unpaired) electrons. The number of amides is 1. The molecule has 1 saturated heterocycles. The zero-order valence-electron chi connectivity index (χ0n) is 15.0. The molecule has 2 atom stereocenters. The molecule has 1 N–H and O–H groups in total. The number of anilines is 1. The molecule has 0 unspecified atom stereocenters. The lowest BCUT2D eigenvalue weighted by Gasteiger charge is -2.35. The second kappa shape index (κ2) is 7.98. The minimum atomic E-state index is 0.0419. The van der Waals surface area contributed by atoms with Gasteiger partial charge in [-0.15, -0.1) is 0 Å². The Balaban J connectivity index is 1.59.